The summed E-state index contributed by atoms with van der Waals surface area (Å²) < 4.78 is 0. The molecule has 4 aliphatic rings. The molecule has 16 heavy (non-hydrogen) atoms. The lowest BCUT2D eigenvalue weighted by Crippen LogP contribution is -2.31. The molecule has 0 amide bonds. The van der Waals surface area contributed by atoms with Gasteiger partial charge in [0, 0.05) is 13.1 Å². The molecule has 2 aliphatic carbocycles. The SMILES string of the molecule is C1CC2(C1)CCNC2.C1CC2(C1)CCNC2. The fraction of sp³-hybridized carbons (Fsp3) is 1.00. The van der Waals surface area contributed by atoms with Crippen LogP contribution in [0.1, 0.15) is 51.4 Å². The van der Waals surface area contributed by atoms with Gasteiger partial charge in [0.2, 0.25) is 0 Å². The average Bonchev–Trinajstić information content (AvgIpc) is 2.87. The lowest BCUT2D eigenvalue weighted by Gasteiger charge is -2.37. The van der Waals surface area contributed by atoms with Crippen LogP contribution in [0.5, 0.6) is 0 Å². The first-order valence-corrected chi connectivity index (χ1v) is 7.24. The third-order valence-corrected chi connectivity index (χ3v) is 5.49. The van der Waals surface area contributed by atoms with Crippen LogP contribution >= 0.6 is 0 Å². The highest BCUT2D eigenvalue weighted by Gasteiger charge is 2.39. The van der Waals surface area contributed by atoms with Crippen LogP contribution in [0.15, 0.2) is 0 Å². The second-order valence-corrected chi connectivity index (χ2v) is 6.56. The fourth-order valence-electron chi connectivity index (χ4n) is 3.80. The van der Waals surface area contributed by atoms with Gasteiger partial charge >= 0.3 is 0 Å². The minimum atomic E-state index is 0.806. The van der Waals surface area contributed by atoms with Crippen molar-refractivity contribution in [1.29, 1.82) is 0 Å². The summed E-state index contributed by atoms with van der Waals surface area (Å²) in [7, 11) is 0. The summed E-state index contributed by atoms with van der Waals surface area (Å²) in [4.78, 5) is 0. The van der Waals surface area contributed by atoms with E-state index < -0.39 is 0 Å². The molecule has 2 heterocycles. The van der Waals surface area contributed by atoms with Crippen LogP contribution in [0.4, 0.5) is 0 Å². The molecule has 4 rings (SSSR count). The van der Waals surface area contributed by atoms with E-state index in [-0.39, 0.29) is 0 Å². The molecular weight excluding hydrogens is 196 g/mol. The number of hydrogen-bond acceptors (Lipinski definition) is 2. The van der Waals surface area contributed by atoms with Crippen LogP contribution in [-0.2, 0) is 0 Å². The second kappa shape index (κ2) is 4.30. The van der Waals surface area contributed by atoms with E-state index in [1.807, 2.05) is 0 Å². The van der Waals surface area contributed by atoms with Crippen molar-refractivity contribution in [2.75, 3.05) is 26.2 Å². The van der Waals surface area contributed by atoms with Gasteiger partial charge in [0.25, 0.3) is 0 Å². The van der Waals surface area contributed by atoms with E-state index in [1.165, 1.54) is 77.5 Å². The fourth-order valence-corrected chi connectivity index (χ4v) is 3.80. The Morgan fingerprint density at radius 1 is 0.562 bits per heavy atom. The molecule has 2 saturated heterocycles. The van der Waals surface area contributed by atoms with Crippen molar-refractivity contribution in [2.45, 2.75) is 51.4 Å². The van der Waals surface area contributed by atoms with Gasteiger partial charge in [-0.1, -0.05) is 12.8 Å². The molecular formula is C14H26N2. The third-order valence-electron chi connectivity index (χ3n) is 5.49. The van der Waals surface area contributed by atoms with E-state index in [9.17, 15) is 0 Å². The molecule has 2 N–H and O–H groups in total. The van der Waals surface area contributed by atoms with Crippen molar-refractivity contribution in [1.82, 2.24) is 10.6 Å². The molecule has 92 valence electrons. The molecule has 2 saturated carbocycles. The lowest BCUT2D eigenvalue weighted by molar-refractivity contribution is 0.162. The maximum absolute atomic E-state index is 3.42. The van der Waals surface area contributed by atoms with Crippen LogP contribution in [0.3, 0.4) is 0 Å². The molecule has 0 aromatic rings. The molecule has 0 radical (unpaired) electrons. The summed E-state index contributed by atoms with van der Waals surface area (Å²) in [5, 5.41) is 6.83. The third kappa shape index (κ3) is 2.02. The van der Waals surface area contributed by atoms with Crippen LogP contribution in [0, 0.1) is 10.8 Å². The Hall–Kier alpha value is -0.0800. The molecule has 0 bridgehead atoms. The molecule has 2 nitrogen and oxygen atoms in total. The standard InChI is InChI=1S/2C7H13N/c2*1-2-7(3-1)4-5-8-6-7/h2*8H,1-6H2. The Bertz CT molecular complexity index is 199. The van der Waals surface area contributed by atoms with Crippen LogP contribution < -0.4 is 10.6 Å². The normalized spacial score (nSPS) is 33.0. The summed E-state index contributed by atoms with van der Waals surface area (Å²) in [5.41, 5.74) is 1.61. The molecule has 2 heteroatoms. The van der Waals surface area contributed by atoms with Crippen LogP contribution in [0.2, 0.25) is 0 Å². The van der Waals surface area contributed by atoms with Crippen LogP contribution in [0.25, 0.3) is 0 Å². The second-order valence-electron chi connectivity index (χ2n) is 6.56. The Labute approximate surface area is 99.6 Å². The van der Waals surface area contributed by atoms with Gasteiger partial charge in [-0.25, -0.2) is 0 Å². The van der Waals surface area contributed by atoms with Gasteiger partial charge in [0.15, 0.2) is 0 Å². The summed E-state index contributed by atoms with van der Waals surface area (Å²) in [6, 6.07) is 0. The maximum atomic E-state index is 3.42. The Morgan fingerprint density at radius 3 is 1.12 bits per heavy atom. The smallest absolute Gasteiger partial charge is 0.000829 e. The van der Waals surface area contributed by atoms with Gasteiger partial charge in [-0.05, 0) is 62.4 Å². The summed E-state index contributed by atoms with van der Waals surface area (Å²) >= 11 is 0. The van der Waals surface area contributed by atoms with Gasteiger partial charge in [0.1, 0.15) is 0 Å². The van der Waals surface area contributed by atoms with Gasteiger partial charge in [0.05, 0.1) is 0 Å². The highest BCUT2D eigenvalue weighted by atomic mass is 14.9. The van der Waals surface area contributed by atoms with Crippen molar-refractivity contribution >= 4 is 0 Å². The van der Waals surface area contributed by atoms with E-state index in [4.69, 9.17) is 0 Å². The Morgan fingerprint density at radius 2 is 1.00 bits per heavy atom. The van der Waals surface area contributed by atoms with E-state index in [0.717, 1.165) is 10.8 Å². The van der Waals surface area contributed by atoms with Crippen molar-refractivity contribution in [2.24, 2.45) is 10.8 Å². The molecule has 0 atom stereocenters. The quantitative estimate of drug-likeness (QED) is 0.657. The Balaban J connectivity index is 0.000000101. The molecule has 2 spiro atoms. The summed E-state index contributed by atoms with van der Waals surface area (Å²) in [6.45, 7) is 5.18. The zero-order valence-corrected chi connectivity index (χ0v) is 10.5. The molecule has 0 aromatic heterocycles. The first-order valence-electron chi connectivity index (χ1n) is 7.24. The van der Waals surface area contributed by atoms with Gasteiger partial charge in [-0.2, -0.15) is 0 Å². The number of nitrogens with one attached hydrogen (secondary N) is 2. The number of hydrogen-bond donors (Lipinski definition) is 2. The van der Waals surface area contributed by atoms with Crippen molar-refractivity contribution < 1.29 is 0 Å². The molecule has 4 fully saturated rings. The van der Waals surface area contributed by atoms with E-state index in [2.05, 4.69) is 10.6 Å². The minimum absolute atomic E-state index is 0.806. The number of rotatable bonds is 0. The summed E-state index contributed by atoms with van der Waals surface area (Å²) in [5.74, 6) is 0. The first-order chi connectivity index (χ1) is 7.83. The van der Waals surface area contributed by atoms with Gasteiger partial charge < -0.3 is 10.6 Å². The van der Waals surface area contributed by atoms with E-state index in [0.29, 0.717) is 0 Å². The predicted octanol–water partition coefficient (Wildman–Crippen LogP) is 2.30. The lowest BCUT2D eigenvalue weighted by atomic mass is 9.68. The van der Waals surface area contributed by atoms with Crippen molar-refractivity contribution in [3.05, 3.63) is 0 Å². The van der Waals surface area contributed by atoms with E-state index >= 15 is 0 Å². The van der Waals surface area contributed by atoms with Gasteiger partial charge in [-0.15, -0.1) is 0 Å². The molecule has 0 aromatic carbocycles. The zero-order valence-electron chi connectivity index (χ0n) is 10.5. The first kappa shape index (κ1) is 11.0. The highest BCUT2D eigenvalue weighted by molar-refractivity contribution is 4.94. The largest absolute Gasteiger partial charge is 0.316 e. The van der Waals surface area contributed by atoms with E-state index in [1.54, 1.807) is 0 Å². The van der Waals surface area contributed by atoms with Gasteiger partial charge in [-0.3, -0.25) is 0 Å². The predicted molar refractivity (Wildman–Crippen MR) is 67.5 cm³/mol. The Kier molecular flexibility index (Phi) is 2.97. The van der Waals surface area contributed by atoms with Crippen LogP contribution in [-0.4, -0.2) is 26.2 Å². The topological polar surface area (TPSA) is 24.1 Å². The molecule has 2 aliphatic heterocycles. The van der Waals surface area contributed by atoms with Crippen molar-refractivity contribution in [3.8, 4) is 0 Å². The average molecular weight is 222 g/mol. The molecule has 0 unspecified atom stereocenters. The minimum Gasteiger partial charge on any atom is -0.316 e. The summed E-state index contributed by atoms with van der Waals surface area (Å²) in [6.07, 6.45) is 11.9. The monoisotopic (exact) mass is 222 g/mol. The van der Waals surface area contributed by atoms with Crippen molar-refractivity contribution in [3.63, 3.8) is 0 Å². The maximum Gasteiger partial charge on any atom is 0.000829 e. The zero-order chi connectivity index (χ0) is 10.9. The highest BCUT2D eigenvalue weighted by Crippen LogP contribution is 2.45.